The molecule has 0 fully saturated rings. The highest BCUT2D eigenvalue weighted by Crippen LogP contribution is 2.30. The first kappa shape index (κ1) is 19.4. The number of carbonyl (C=O) groups is 1. The summed E-state index contributed by atoms with van der Waals surface area (Å²) in [4.78, 5) is 11.9. The van der Waals surface area contributed by atoms with Gasteiger partial charge in [0.05, 0.1) is 41.5 Å². The lowest BCUT2D eigenvalue weighted by Gasteiger charge is -2.26. The number of hydrogen-bond donors (Lipinski definition) is 2. The molecule has 0 saturated carbocycles. The van der Waals surface area contributed by atoms with E-state index < -0.39 is 17.6 Å². The summed E-state index contributed by atoms with van der Waals surface area (Å²) in [6.07, 6.45) is 3.52. The fraction of sp³-hybridized carbons (Fsp3) is 0.286. The van der Waals surface area contributed by atoms with Crippen molar-refractivity contribution in [3.8, 4) is 17.2 Å². The minimum absolute atomic E-state index is 0.200. The smallest absolute Gasteiger partial charge is 0.252 e. The van der Waals surface area contributed by atoms with Crippen LogP contribution < -0.4 is 11.1 Å². The van der Waals surface area contributed by atoms with Gasteiger partial charge in [-0.2, -0.15) is 10.4 Å². The van der Waals surface area contributed by atoms with E-state index in [9.17, 15) is 9.18 Å². The molecule has 0 spiro atoms. The summed E-state index contributed by atoms with van der Waals surface area (Å²) in [5, 5.41) is 16.3. The number of nitrogens with one attached hydrogen (secondary N) is 1. The monoisotopic (exact) mass is 379 g/mol. The second-order valence-corrected chi connectivity index (χ2v) is 7.32. The van der Waals surface area contributed by atoms with E-state index in [2.05, 4.69) is 16.5 Å². The van der Waals surface area contributed by atoms with Crippen LogP contribution in [-0.2, 0) is 6.42 Å². The molecule has 0 aliphatic heterocycles. The molecular weight excluding hydrogens is 357 g/mol. The maximum absolute atomic E-state index is 14.4. The second-order valence-electron chi connectivity index (χ2n) is 7.32. The molecule has 3 aromatic rings. The predicted molar refractivity (Wildman–Crippen MR) is 107 cm³/mol. The lowest BCUT2D eigenvalue weighted by Crippen LogP contribution is -2.36. The maximum atomic E-state index is 14.4. The molecule has 1 aromatic carbocycles. The number of nitriles is 1. The van der Waals surface area contributed by atoms with Crippen LogP contribution in [-0.4, -0.2) is 27.2 Å². The molecule has 0 aliphatic carbocycles. The zero-order chi connectivity index (χ0) is 20.5. The number of primary amides is 1. The Bertz CT molecular complexity index is 1070. The van der Waals surface area contributed by atoms with Crippen LogP contribution >= 0.6 is 0 Å². The average Bonchev–Trinajstić information content (AvgIpc) is 3.06. The van der Waals surface area contributed by atoms with Crippen molar-refractivity contribution >= 4 is 17.1 Å². The van der Waals surface area contributed by atoms with Gasteiger partial charge in [0, 0.05) is 11.8 Å². The minimum Gasteiger partial charge on any atom is -0.377 e. The molecule has 3 rings (SSSR count). The van der Waals surface area contributed by atoms with Gasteiger partial charge in [0.15, 0.2) is 0 Å². The Labute approximate surface area is 162 Å². The summed E-state index contributed by atoms with van der Waals surface area (Å²) in [5.74, 6) is -0.639. The molecule has 7 heteroatoms. The van der Waals surface area contributed by atoms with Gasteiger partial charge >= 0.3 is 0 Å². The molecule has 0 saturated heterocycles. The highest BCUT2D eigenvalue weighted by molar-refractivity contribution is 6.02. The Kier molecular flexibility index (Phi) is 5.06. The summed E-state index contributed by atoms with van der Waals surface area (Å²) in [5.41, 5.74) is 7.96. The molecule has 2 heterocycles. The summed E-state index contributed by atoms with van der Waals surface area (Å²) < 4.78 is 16.0. The number of halogens is 1. The Morgan fingerprint density at radius 1 is 1.39 bits per heavy atom. The van der Waals surface area contributed by atoms with Gasteiger partial charge in [-0.3, -0.25) is 4.79 Å². The number of alkyl halides is 1. The van der Waals surface area contributed by atoms with Gasteiger partial charge in [-0.25, -0.2) is 8.91 Å². The first-order chi connectivity index (χ1) is 13.2. The van der Waals surface area contributed by atoms with Crippen LogP contribution in [0.25, 0.3) is 16.6 Å². The lowest BCUT2D eigenvalue weighted by atomic mass is 10.0. The molecular formula is C21H22FN5O. The van der Waals surface area contributed by atoms with E-state index in [-0.39, 0.29) is 5.56 Å². The van der Waals surface area contributed by atoms with E-state index in [1.165, 1.54) is 20.0 Å². The SMILES string of the molecule is CC(Nc1c(C(N)=O)cnn2cc(-c3cccc(CC#N)c3)cc12)C(C)(C)F. The first-order valence-corrected chi connectivity index (χ1v) is 8.93. The molecule has 2 aromatic heterocycles. The second kappa shape index (κ2) is 7.31. The van der Waals surface area contributed by atoms with E-state index in [0.717, 1.165) is 16.7 Å². The van der Waals surface area contributed by atoms with Crippen molar-refractivity contribution in [2.75, 3.05) is 5.32 Å². The van der Waals surface area contributed by atoms with Crippen molar-refractivity contribution in [2.45, 2.75) is 38.9 Å². The largest absolute Gasteiger partial charge is 0.377 e. The third-order valence-electron chi connectivity index (χ3n) is 4.84. The molecule has 1 atom stereocenters. The first-order valence-electron chi connectivity index (χ1n) is 8.93. The molecule has 1 unspecified atom stereocenters. The number of amides is 1. The highest BCUT2D eigenvalue weighted by atomic mass is 19.1. The lowest BCUT2D eigenvalue weighted by molar-refractivity contribution is 0.1000. The van der Waals surface area contributed by atoms with Crippen molar-refractivity contribution in [3.05, 3.63) is 53.9 Å². The third kappa shape index (κ3) is 3.81. The summed E-state index contributed by atoms with van der Waals surface area (Å²) >= 11 is 0. The normalized spacial score (nSPS) is 12.5. The van der Waals surface area contributed by atoms with Gasteiger partial charge in [-0.05, 0) is 38.0 Å². The van der Waals surface area contributed by atoms with Gasteiger partial charge in [0.2, 0.25) is 0 Å². The van der Waals surface area contributed by atoms with Crippen LogP contribution in [0.5, 0.6) is 0 Å². The van der Waals surface area contributed by atoms with E-state index in [0.29, 0.717) is 17.6 Å². The molecule has 0 bridgehead atoms. The molecule has 6 nitrogen and oxygen atoms in total. The number of rotatable bonds is 6. The van der Waals surface area contributed by atoms with Crippen LogP contribution in [0, 0.1) is 11.3 Å². The third-order valence-corrected chi connectivity index (χ3v) is 4.84. The Morgan fingerprint density at radius 3 is 2.79 bits per heavy atom. The van der Waals surface area contributed by atoms with E-state index in [4.69, 9.17) is 11.0 Å². The van der Waals surface area contributed by atoms with Crippen LogP contribution in [0.3, 0.4) is 0 Å². The van der Waals surface area contributed by atoms with Crippen molar-refractivity contribution < 1.29 is 9.18 Å². The number of carbonyl (C=O) groups excluding carboxylic acids is 1. The summed E-state index contributed by atoms with van der Waals surface area (Å²) in [6, 6.07) is 11.1. The van der Waals surface area contributed by atoms with Crippen LogP contribution in [0.1, 0.15) is 36.7 Å². The van der Waals surface area contributed by atoms with Crippen molar-refractivity contribution in [3.63, 3.8) is 0 Å². The number of fused-ring (bicyclic) bond motifs is 1. The van der Waals surface area contributed by atoms with Gasteiger partial charge < -0.3 is 11.1 Å². The molecule has 1 amide bonds. The summed E-state index contributed by atoms with van der Waals surface area (Å²) in [7, 11) is 0. The van der Waals surface area contributed by atoms with Crippen LogP contribution in [0.2, 0.25) is 0 Å². The van der Waals surface area contributed by atoms with Crippen molar-refractivity contribution in [1.29, 1.82) is 5.26 Å². The van der Waals surface area contributed by atoms with Gasteiger partial charge in [0.1, 0.15) is 5.67 Å². The number of aromatic nitrogens is 2. The number of nitrogens with two attached hydrogens (primary N) is 1. The summed E-state index contributed by atoms with van der Waals surface area (Å²) in [6.45, 7) is 4.64. The molecule has 3 N–H and O–H groups in total. The van der Waals surface area contributed by atoms with Gasteiger partial charge in [-0.15, -0.1) is 0 Å². The van der Waals surface area contributed by atoms with E-state index >= 15 is 0 Å². The molecule has 144 valence electrons. The van der Waals surface area contributed by atoms with Gasteiger partial charge in [-0.1, -0.05) is 24.3 Å². The zero-order valence-corrected chi connectivity index (χ0v) is 16.0. The van der Waals surface area contributed by atoms with Crippen molar-refractivity contribution in [2.24, 2.45) is 5.73 Å². The Hall–Kier alpha value is -3.40. The highest BCUT2D eigenvalue weighted by Gasteiger charge is 2.27. The van der Waals surface area contributed by atoms with Gasteiger partial charge in [0.25, 0.3) is 5.91 Å². The number of anilines is 1. The van der Waals surface area contributed by atoms with Crippen molar-refractivity contribution in [1.82, 2.24) is 9.61 Å². The number of nitrogens with zero attached hydrogens (tertiary/aromatic N) is 3. The Balaban J connectivity index is 2.13. The molecule has 28 heavy (non-hydrogen) atoms. The quantitative estimate of drug-likeness (QED) is 0.682. The fourth-order valence-corrected chi connectivity index (χ4v) is 2.89. The molecule has 0 aliphatic rings. The average molecular weight is 379 g/mol. The number of benzene rings is 1. The maximum Gasteiger partial charge on any atom is 0.252 e. The van der Waals surface area contributed by atoms with E-state index in [1.807, 2.05) is 36.5 Å². The van der Waals surface area contributed by atoms with Crippen LogP contribution in [0.4, 0.5) is 10.1 Å². The minimum atomic E-state index is -1.50. The predicted octanol–water partition coefficient (Wildman–Crippen LogP) is 3.71. The number of hydrogen-bond acceptors (Lipinski definition) is 4. The van der Waals surface area contributed by atoms with E-state index in [1.54, 1.807) is 11.4 Å². The molecule has 0 radical (unpaired) electrons. The standard InChI is InChI=1S/C21H22FN5O/c1-13(21(2,3)22)26-19-17(20(24)28)11-25-27-12-16(10-18(19)27)15-6-4-5-14(9-15)7-8-23/h4-6,9-13,26H,7H2,1-3H3,(H2,24,28). The van der Waals surface area contributed by atoms with Crippen LogP contribution in [0.15, 0.2) is 42.7 Å². The fourth-order valence-electron chi connectivity index (χ4n) is 2.89. The topological polar surface area (TPSA) is 96.2 Å². The Morgan fingerprint density at radius 2 is 2.14 bits per heavy atom. The zero-order valence-electron chi connectivity index (χ0n) is 16.0.